The number of anilines is 2. The summed E-state index contributed by atoms with van der Waals surface area (Å²) in [6.45, 7) is 15.0. The Morgan fingerprint density at radius 2 is 1.71 bits per heavy atom. The number of nitrogens with one attached hydrogen (secondary N) is 1. The van der Waals surface area contributed by atoms with Crippen LogP contribution in [0, 0.1) is 27.7 Å². The Kier molecular flexibility index (Phi) is 5.57. The summed E-state index contributed by atoms with van der Waals surface area (Å²) < 4.78 is 0. The van der Waals surface area contributed by atoms with Crippen LogP contribution in [-0.4, -0.2) is 22.4 Å². The van der Waals surface area contributed by atoms with Crippen molar-refractivity contribution < 1.29 is 4.79 Å². The van der Waals surface area contributed by atoms with Crippen molar-refractivity contribution in [3.05, 3.63) is 45.9 Å². The average molecular weight is 381 g/mol. The highest BCUT2D eigenvalue weighted by Gasteiger charge is 2.51. The number of fused-ring (bicyclic) bond motifs is 1. The van der Waals surface area contributed by atoms with Crippen molar-refractivity contribution in [1.29, 1.82) is 0 Å². The van der Waals surface area contributed by atoms with Crippen molar-refractivity contribution in [2.75, 3.05) is 11.4 Å². The lowest BCUT2D eigenvalue weighted by Crippen LogP contribution is -2.48. The van der Waals surface area contributed by atoms with E-state index >= 15 is 0 Å². The first kappa shape index (κ1) is 20.5. The molecule has 2 heterocycles. The molecule has 1 aliphatic heterocycles. The number of aryl methyl sites for hydroxylation is 5. The molecule has 3 rings (SSSR count). The molecule has 5 nitrogen and oxygen atoms in total. The molecule has 0 saturated heterocycles. The lowest BCUT2D eigenvalue weighted by molar-refractivity contribution is -0.123. The van der Waals surface area contributed by atoms with Gasteiger partial charge in [-0.3, -0.25) is 15.0 Å². The van der Waals surface area contributed by atoms with Crippen molar-refractivity contribution in [1.82, 2.24) is 15.3 Å². The Morgan fingerprint density at radius 3 is 2.29 bits per heavy atom. The quantitative estimate of drug-likeness (QED) is 0.798. The van der Waals surface area contributed by atoms with E-state index < -0.39 is 5.54 Å². The van der Waals surface area contributed by atoms with Crippen LogP contribution in [0.25, 0.3) is 0 Å². The van der Waals surface area contributed by atoms with Crippen LogP contribution in [0.3, 0.4) is 0 Å². The lowest BCUT2D eigenvalue weighted by atomic mass is 9.91. The molecule has 28 heavy (non-hydrogen) atoms. The van der Waals surface area contributed by atoms with Gasteiger partial charge in [0.1, 0.15) is 17.2 Å². The highest BCUT2D eigenvalue weighted by atomic mass is 16.2. The number of amides is 1. The molecule has 0 fully saturated rings. The molecule has 5 heteroatoms. The molecule has 1 aromatic carbocycles. The van der Waals surface area contributed by atoms with E-state index in [-0.39, 0.29) is 5.91 Å². The fourth-order valence-corrected chi connectivity index (χ4v) is 4.49. The van der Waals surface area contributed by atoms with Crippen molar-refractivity contribution in [2.24, 2.45) is 0 Å². The second kappa shape index (κ2) is 7.63. The molecular weight excluding hydrogens is 348 g/mol. The first-order chi connectivity index (χ1) is 13.2. The summed E-state index contributed by atoms with van der Waals surface area (Å²) in [6, 6.07) is 4.26. The first-order valence-corrected chi connectivity index (χ1v) is 10.3. The van der Waals surface area contributed by atoms with Crippen LogP contribution in [0.1, 0.15) is 67.4 Å². The number of carbonyl (C=O) groups excluding carboxylic acids is 1. The zero-order valence-electron chi connectivity index (χ0n) is 18.2. The summed E-state index contributed by atoms with van der Waals surface area (Å²) in [5.41, 5.74) is 5.43. The molecule has 150 valence electrons. The van der Waals surface area contributed by atoms with Gasteiger partial charge in [0.05, 0.1) is 11.4 Å². The molecular formula is C23H32N4O. The molecule has 0 aliphatic carbocycles. The van der Waals surface area contributed by atoms with Crippen molar-refractivity contribution in [3.8, 4) is 0 Å². The van der Waals surface area contributed by atoms with Gasteiger partial charge in [-0.1, -0.05) is 38.0 Å². The Morgan fingerprint density at radius 1 is 1.07 bits per heavy atom. The molecule has 1 N–H and O–H groups in total. The third-order valence-electron chi connectivity index (χ3n) is 5.58. The smallest absolute Gasteiger partial charge is 0.257 e. The second-order valence-electron chi connectivity index (χ2n) is 8.06. The highest BCUT2D eigenvalue weighted by Crippen LogP contribution is 2.46. The van der Waals surface area contributed by atoms with Crippen LogP contribution >= 0.6 is 0 Å². The molecule has 1 aliphatic rings. The van der Waals surface area contributed by atoms with Gasteiger partial charge in [0.15, 0.2) is 0 Å². The first-order valence-electron chi connectivity index (χ1n) is 10.3. The Hall–Kier alpha value is -2.27. The molecule has 0 spiro atoms. The van der Waals surface area contributed by atoms with Crippen molar-refractivity contribution in [2.45, 2.75) is 73.3 Å². The Bertz CT molecular complexity index is 898. The number of nitrogens with zero attached hydrogens (tertiary/aromatic N) is 3. The SMILES string of the molecule is CCCCc1nc(C)nc2c1C(C)(NCC)C(=O)N2c1c(C)cc(C)cc1C. The number of hydrogen-bond donors (Lipinski definition) is 1. The van der Waals surface area contributed by atoms with Crippen molar-refractivity contribution >= 4 is 17.4 Å². The summed E-state index contributed by atoms with van der Waals surface area (Å²) in [5, 5.41) is 3.44. The van der Waals surface area contributed by atoms with E-state index in [9.17, 15) is 4.79 Å². The number of hydrogen-bond acceptors (Lipinski definition) is 4. The van der Waals surface area contributed by atoms with Gasteiger partial charge in [-0.25, -0.2) is 9.97 Å². The molecule has 0 radical (unpaired) electrons. The van der Waals surface area contributed by atoms with Crippen LogP contribution in [0.5, 0.6) is 0 Å². The maximum Gasteiger partial charge on any atom is 0.257 e. The van der Waals surface area contributed by atoms with Gasteiger partial charge >= 0.3 is 0 Å². The number of carbonyl (C=O) groups is 1. The standard InChI is InChI=1S/C23H32N4O/c1-8-10-11-18-19-21(26-17(6)25-18)27(22(28)23(19,7)24-9-2)20-15(4)12-14(3)13-16(20)5/h12-13,24H,8-11H2,1-7H3. The predicted octanol–water partition coefficient (Wildman–Crippen LogP) is 4.56. The van der Waals surface area contributed by atoms with Crippen LogP contribution in [0.15, 0.2) is 12.1 Å². The highest BCUT2D eigenvalue weighted by molar-refractivity contribution is 6.12. The molecule has 1 amide bonds. The third kappa shape index (κ3) is 3.22. The summed E-state index contributed by atoms with van der Waals surface area (Å²) in [7, 11) is 0. The second-order valence-corrected chi connectivity index (χ2v) is 8.06. The van der Waals surface area contributed by atoms with E-state index in [1.165, 1.54) is 5.56 Å². The van der Waals surface area contributed by atoms with Crippen LogP contribution in [0.4, 0.5) is 11.5 Å². The van der Waals surface area contributed by atoms with Crippen LogP contribution < -0.4 is 10.2 Å². The van der Waals surface area contributed by atoms with Gasteiger partial charge in [0.2, 0.25) is 0 Å². The number of aromatic nitrogens is 2. The largest absolute Gasteiger partial charge is 0.300 e. The summed E-state index contributed by atoms with van der Waals surface area (Å²) in [4.78, 5) is 25.1. The zero-order valence-corrected chi connectivity index (χ0v) is 18.2. The fraction of sp³-hybridized carbons (Fsp3) is 0.522. The Labute approximate surface area is 168 Å². The number of likely N-dealkylation sites (N-methyl/N-ethyl adjacent to an activating group) is 1. The number of rotatable bonds is 6. The minimum absolute atomic E-state index is 0.0250. The Balaban J connectivity index is 2.30. The normalized spacial score (nSPS) is 18.7. The molecule has 0 bridgehead atoms. The fourth-order valence-electron chi connectivity index (χ4n) is 4.49. The predicted molar refractivity (Wildman–Crippen MR) is 114 cm³/mol. The third-order valence-corrected chi connectivity index (χ3v) is 5.58. The van der Waals surface area contributed by atoms with E-state index in [4.69, 9.17) is 9.97 Å². The maximum atomic E-state index is 13.8. The van der Waals surface area contributed by atoms with E-state index in [1.807, 2.05) is 25.7 Å². The summed E-state index contributed by atoms with van der Waals surface area (Å²) >= 11 is 0. The summed E-state index contributed by atoms with van der Waals surface area (Å²) in [6.07, 6.45) is 2.99. The molecule has 0 saturated carbocycles. The molecule has 1 atom stereocenters. The molecule has 1 unspecified atom stereocenters. The van der Waals surface area contributed by atoms with E-state index in [1.54, 1.807) is 0 Å². The topological polar surface area (TPSA) is 58.1 Å². The zero-order chi connectivity index (χ0) is 20.6. The minimum atomic E-state index is -0.815. The van der Waals surface area contributed by atoms with E-state index in [2.05, 4.69) is 45.1 Å². The minimum Gasteiger partial charge on any atom is -0.300 e. The van der Waals surface area contributed by atoms with Gasteiger partial charge in [-0.05, 0) is 65.1 Å². The van der Waals surface area contributed by atoms with Gasteiger partial charge in [0.25, 0.3) is 5.91 Å². The lowest BCUT2D eigenvalue weighted by Gasteiger charge is -2.27. The van der Waals surface area contributed by atoms with E-state index in [0.29, 0.717) is 12.4 Å². The van der Waals surface area contributed by atoms with Gasteiger partial charge in [0, 0.05) is 5.56 Å². The van der Waals surface area contributed by atoms with Gasteiger partial charge < -0.3 is 0 Å². The number of unbranched alkanes of at least 4 members (excludes halogenated alkanes) is 1. The van der Waals surface area contributed by atoms with Crippen LogP contribution in [0.2, 0.25) is 0 Å². The van der Waals surface area contributed by atoms with Crippen molar-refractivity contribution in [3.63, 3.8) is 0 Å². The average Bonchev–Trinajstić information content (AvgIpc) is 2.81. The summed E-state index contributed by atoms with van der Waals surface area (Å²) in [5.74, 6) is 1.48. The number of benzene rings is 1. The maximum absolute atomic E-state index is 13.8. The molecule has 2 aromatic rings. The van der Waals surface area contributed by atoms with Gasteiger partial charge in [-0.15, -0.1) is 0 Å². The van der Waals surface area contributed by atoms with Crippen LogP contribution in [-0.2, 0) is 16.8 Å². The molecule has 1 aromatic heterocycles. The van der Waals surface area contributed by atoms with E-state index in [0.717, 1.165) is 53.2 Å². The monoisotopic (exact) mass is 380 g/mol. The van der Waals surface area contributed by atoms with Gasteiger partial charge in [-0.2, -0.15) is 0 Å².